The van der Waals surface area contributed by atoms with E-state index in [-0.39, 0.29) is 30.0 Å². The van der Waals surface area contributed by atoms with Gasteiger partial charge in [0, 0.05) is 44.9 Å². The molecular formula is C28H35FN8O2. The average Bonchev–Trinajstić information content (AvgIpc) is 2.90. The van der Waals surface area contributed by atoms with Crippen molar-refractivity contribution in [3.63, 3.8) is 0 Å². The van der Waals surface area contributed by atoms with Crippen molar-refractivity contribution in [2.75, 3.05) is 51.4 Å². The van der Waals surface area contributed by atoms with Crippen molar-refractivity contribution >= 4 is 29.3 Å². The topological polar surface area (TPSA) is 126 Å². The molecule has 2 amide bonds. The maximum atomic E-state index is 13.5. The molecule has 1 aromatic heterocycles. The first-order valence-electron chi connectivity index (χ1n) is 12.6. The van der Waals surface area contributed by atoms with Crippen LogP contribution in [0.2, 0.25) is 0 Å². The summed E-state index contributed by atoms with van der Waals surface area (Å²) >= 11 is 0. The van der Waals surface area contributed by atoms with E-state index in [0.717, 1.165) is 0 Å². The van der Waals surface area contributed by atoms with Crippen molar-refractivity contribution < 1.29 is 14.0 Å². The lowest BCUT2D eigenvalue weighted by molar-refractivity contribution is -0.135. The van der Waals surface area contributed by atoms with Crippen molar-refractivity contribution in [1.29, 1.82) is 5.26 Å². The molecule has 2 rings (SSSR count). The summed E-state index contributed by atoms with van der Waals surface area (Å²) in [5.41, 5.74) is 1.06. The molecule has 206 valence electrons. The molecule has 10 nitrogen and oxygen atoms in total. The van der Waals surface area contributed by atoms with Gasteiger partial charge < -0.3 is 25.8 Å². The Morgan fingerprint density at radius 3 is 2.72 bits per heavy atom. The Morgan fingerprint density at radius 2 is 2.00 bits per heavy atom. The number of anilines is 3. The zero-order valence-electron chi connectivity index (χ0n) is 22.8. The van der Waals surface area contributed by atoms with Crippen LogP contribution in [0.25, 0.3) is 0 Å². The molecule has 0 aliphatic heterocycles. The average molecular weight is 535 g/mol. The second-order valence-corrected chi connectivity index (χ2v) is 8.91. The molecule has 1 heterocycles. The fraction of sp³-hybridized carbons (Fsp3) is 0.393. The summed E-state index contributed by atoms with van der Waals surface area (Å²) in [6.45, 7) is 3.12. The van der Waals surface area contributed by atoms with Gasteiger partial charge in [0.25, 0.3) is 0 Å². The largest absolute Gasteiger partial charge is 0.368 e. The van der Waals surface area contributed by atoms with E-state index in [1.807, 2.05) is 19.0 Å². The minimum atomic E-state index is -0.605. The van der Waals surface area contributed by atoms with Crippen LogP contribution in [0.15, 0.2) is 42.6 Å². The first-order chi connectivity index (χ1) is 18.7. The number of halogens is 1. The van der Waals surface area contributed by atoms with Gasteiger partial charge in [0.15, 0.2) is 0 Å². The van der Waals surface area contributed by atoms with Gasteiger partial charge in [0.1, 0.15) is 17.7 Å². The molecule has 0 saturated heterocycles. The highest BCUT2D eigenvalue weighted by Gasteiger charge is 2.20. The summed E-state index contributed by atoms with van der Waals surface area (Å²) in [5, 5.41) is 17.7. The SMILES string of the molecule is C[C@@H](C(=O)NCCCC#Cc1cnc(Nc2cccc(F)c2)nc1NCCC#N)N(C)C(=O)C=CCN(C)C. The molecule has 1 atom stereocenters. The number of nitrogens with one attached hydrogen (secondary N) is 3. The highest BCUT2D eigenvalue weighted by molar-refractivity contribution is 5.92. The monoisotopic (exact) mass is 534 g/mol. The number of hydrogen-bond acceptors (Lipinski definition) is 8. The van der Waals surface area contributed by atoms with Crippen molar-refractivity contribution in [2.45, 2.75) is 32.2 Å². The van der Waals surface area contributed by atoms with Crippen LogP contribution in [-0.2, 0) is 9.59 Å². The van der Waals surface area contributed by atoms with E-state index in [9.17, 15) is 14.0 Å². The second kappa shape index (κ2) is 16.4. The molecule has 0 saturated carbocycles. The molecule has 0 spiro atoms. The fourth-order valence-corrected chi connectivity index (χ4v) is 3.14. The van der Waals surface area contributed by atoms with E-state index in [0.29, 0.717) is 49.5 Å². The number of unbranched alkanes of at least 4 members (excludes halogenated alkanes) is 1. The number of nitriles is 1. The number of benzene rings is 1. The lowest BCUT2D eigenvalue weighted by Crippen LogP contribution is -2.45. The van der Waals surface area contributed by atoms with Crippen LogP contribution >= 0.6 is 0 Å². The number of aromatic nitrogens is 2. The van der Waals surface area contributed by atoms with Crippen molar-refractivity contribution in [3.8, 4) is 17.9 Å². The van der Waals surface area contributed by atoms with Gasteiger partial charge >= 0.3 is 0 Å². The van der Waals surface area contributed by atoms with Crippen molar-refractivity contribution in [1.82, 2.24) is 25.1 Å². The number of carbonyl (C=O) groups is 2. The number of hydrogen-bond donors (Lipinski definition) is 3. The predicted octanol–water partition coefficient (Wildman–Crippen LogP) is 2.90. The number of rotatable bonds is 13. The standard InChI is InChI=1S/C28H35FN8O2/c1-21(37(4)25(38)14-9-18-36(2)3)27(39)32-16-7-5-6-11-22-20-33-28(35-26(22)31-17-10-15-30)34-24-13-8-12-23(29)19-24/h8-9,12-14,19-21H,5,7,10,16-18H2,1-4H3,(H,32,39)(H2,31,33,34,35)/t21-/m0/s1. The molecule has 2 aromatic rings. The first kappa shape index (κ1) is 30.7. The molecule has 39 heavy (non-hydrogen) atoms. The Labute approximate surface area is 229 Å². The molecule has 0 aliphatic carbocycles. The number of nitrogens with zero attached hydrogens (tertiary/aromatic N) is 5. The van der Waals surface area contributed by atoms with Crippen LogP contribution in [0, 0.1) is 29.0 Å². The molecular weight excluding hydrogens is 499 g/mol. The van der Waals surface area contributed by atoms with Gasteiger partial charge in [-0.1, -0.05) is 24.0 Å². The summed E-state index contributed by atoms with van der Waals surface area (Å²) in [6.07, 6.45) is 6.19. The Hall–Kier alpha value is -4.48. The number of carbonyl (C=O) groups excluding carboxylic acids is 2. The molecule has 0 radical (unpaired) electrons. The van der Waals surface area contributed by atoms with E-state index >= 15 is 0 Å². The van der Waals surface area contributed by atoms with E-state index in [2.05, 4.69) is 43.8 Å². The highest BCUT2D eigenvalue weighted by Crippen LogP contribution is 2.18. The zero-order chi connectivity index (χ0) is 28.6. The van der Waals surface area contributed by atoms with Gasteiger partial charge in [0.2, 0.25) is 17.8 Å². The highest BCUT2D eigenvalue weighted by atomic mass is 19.1. The molecule has 11 heteroatoms. The van der Waals surface area contributed by atoms with Crippen LogP contribution in [0.4, 0.5) is 21.8 Å². The van der Waals surface area contributed by atoms with Gasteiger partial charge in [-0.25, -0.2) is 9.37 Å². The molecule has 0 unspecified atom stereocenters. The van der Waals surface area contributed by atoms with Crippen LogP contribution in [0.1, 0.15) is 31.7 Å². The van der Waals surface area contributed by atoms with Crippen molar-refractivity contribution in [2.24, 2.45) is 0 Å². The fourth-order valence-electron chi connectivity index (χ4n) is 3.14. The van der Waals surface area contributed by atoms with Gasteiger partial charge in [-0.05, 0) is 45.6 Å². The summed E-state index contributed by atoms with van der Waals surface area (Å²) in [4.78, 5) is 36.7. The van der Waals surface area contributed by atoms with Gasteiger partial charge in [-0.15, -0.1) is 0 Å². The van der Waals surface area contributed by atoms with Crippen LogP contribution in [0.3, 0.4) is 0 Å². The maximum Gasteiger partial charge on any atom is 0.246 e. The molecule has 0 bridgehead atoms. The normalized spacial score (nSPS) is 11.3. The molecule has 0 fully saturated rings. The maximum absolute atomic E-state index is 13.5. The van der Waals surface area contributed by atoms with Gasteiger partial charge in [0.05, 0.1) is 24.3 Å². The summed E-state index contributed by atoms with van der Waals surface area (Å²) in [7, 11) is 5.41. The van der Waals surface area contributed by atoms with Gasteiger partial charge in [-0.3, -0.25) is 9.59 Å². The summed E-state index contributed by atoms with van der Waals surface area (Å²) in [6, 6.07) is 7.41. The lowest BCUT2D eigenvalue weighted by Gasteiger charge is -2.23. The van der Waals surface area contributed by atoms with E-state index < -0.39 is 6.04 Å². The smallest absolute Gasteiger partial charge is 0.246 e. The predicted molar refractivity (Wildman–Crippen MR) is 149 cm³/mol. The van der Waals surface area contributed by atoms with E-state index in [1.54, 1.807) is 38.4 Å². The third-order valence-electron chi connectivity index (χ3n) is 5.44. The minimum Gasteiger partial charge on any atom is -0.368 e. The Kier molecular flexibility index (Phi) is 12.9. The summed E-state index contributed by atoms with van der Waals surface area (Å²) < 4.78 is 13.5. The zero-order valence-corrected chi connectivity index (χ0v) is 22.8. The quantitative estimate of drug-likeness (QED) is 0.203. The Balaban J connectivity index is 1.90. The van der Waals surface area contributed by atoms with Crippen LogP contribution in [-0.4, -0.2) is 78.4 Å². The van der Waals surface area contributed by atoms with Crippen LogP contribution in [0.5, 0.6) is 0 Å². The van der Waals surface area contributed by atoms with Gasteiger partial charge in [-0.2, -0.15) is 10.2 Å². The second-order valence-electron chi connectivity index (χ2n) is 8.91. The molecule has 0 aliphatic rings. The number of likely N-dealkylation sites (N-methyl/N-ethyl adjacent to an activating group) is 2. The minimum absolute atomic E-state index is 0.232. The first-order valence-corrected chi connectivity index (χ1v) is 12.6. The van der Waals surface area contributed by atoms with E-state index in [1.165, 1.54) is 23.1 Å². The Morgan fingerprint density at radius 1 is 1.21 bits per heavy atom. The lowest BCUT2D eigenvalue weighted by atomic mass is 10.2. The Bertz CT molecular complexity index is 1250. The van der Waals surface area contributed by atoms with Crippen molar-refractivity contribution in [3.05, 3.63) is 54.0 Å². The third kappa shape index (κ3) is 11.2. The number of amides is 2. The molecule has 3 N–H and O–H groups in total. The third-order valence-corrected chi connectivity index (χ3v) is 5.44. The van der Waals surface area contributed by atoms with Crippen LogP contribution < -0.4 is 16.0 Å². The molecule has 1 aromatic carbocycles. The summed E-state index contributed by atoms with van der Waals surface area (Å²) in [5.74, 6) is 5.95. The van der Waals surface area contributed by atoms with E-state index in [4.69, 9.17) is 5.26 Å².